The third-order valence-electron chi connectivity index (χ3n) is 2.85. The Morgan fingerprint density at radius 1 is 1.41 bits per heavy atom. The SMILES string of the molecule is CCC1(C)CSC(Nc2c(Br)cccc2Br)=N1. The summed E-state index contributed by atoms with van der Waals surface area (Å²) >= 11 is 8.87. The number of thioether (sulfide) groups is 1. The second-order valence-corrected chi connectivity index (χ2v) is 6.95. The molecule has 92 valence electrons. The molecule has 0 fully saturated rings. The number of aliphatic imine (C=N–C) groups is 1. The Morgan fingerprint density at radius 3 is 2.59 bits per heavy atom. The zero-order valence-electron chi connectivity index (χ0n) is 9.76. The molecule has 1 aromatic rings. The van der Waals surface area contributed by atoms with Crippen molar-refractivity contribution in [3.63, 3.8) is 0 Å². The van der Waals surface area contributed by atoms with Crippen molar-refractivity contribution < 1.29 is 0 Å². The standard InChI is InChI=1S/C12H14Br2N2S/c1-3-12(2)7-17-11(16-12)15-10-8(13)5-4-6-9(10)14/h4-6H,3,7H2,1-2H3,(H,15,16). The lowest BCUT2D eigenvalue weighted by molar-refractivity contribution is 0.523. The van der Waals surface area contributed by atoms with Gasteiger partial charge in [-0.3, -0.25) is 4.99 Å². The van der Waals surface area contributed by atoms with Crippen molar-refractivity contribution in [2.45, 2.75) is 25.8 Å². The number of hydrogen-bond donors (Lipinski definition) is 1. The summed E-state index contributed by atoms with van der Waals surface area (Å²) < 4.78 is 2.08. The summed E-state index contributed by atoms with van der Waals surface area (Å²) in [6.45, 7) is 4.38. The second-order valence-electron chi connectivity index (χ2n) is 4.28. The van der Waals surface area contributed by atoms with E-state index in [2.05, 4.69) is 51.0 Å². The first-order valence-corrected chi connectivity index (χ1v) is 8.05. The predicted molar refractivity (Wildman–Crippen MR) is 84.1 cm³/mol. The first kappa shape index (κ1) is 13.4. The molecule has 0 saturated carbocycles. The van der Waals surface area contributed by atoms with Gasteiger partial charge in [-0.1, -0.05) is 24.8 Å². The maximum atomic E-state index is 4.74. The van der Waals surface area contributed by atoms with Gasteiger partial charge in [-0.15, -0.1) is 0 Å². The van der Waals surface area contributed by atoms with Gasteiger partial charge in [-0.2, -0.15) is 0 Å². The molecule has 1 unspecified atom stereocenters. The van der Waals surface area contributed by atoms with Crippen molar-refractivity contribution in [1.29, 1.82) is 0 Å². The molecule has 1 aliphatic heterocycles. The second kappa shape index (κ2) is 5.33. The molecular formula is C12H14Br2N2S. The highest BCUT2D eigenvalue weighted by molar-refractivity contribution is 9.11. The van der Waals surface area contributed by atoms with E-state index >= 15 is 0 Å². The topological polar surface area (TPSA) is 24.4 Å². The summed E-state index contributed by atoms with van der Waals surface area (Å²) in [6, 6.07) is 6.04. The Morgan fingerprint density at radius 2 is 2.06 bits per heavy atom. The minimum absolute atomic E-state index is 0.0841. The molecule has 1 N–H and O–H groups in total. The summed E-state index contributed by atoms with van der Waals surface area (Å²) in [5.74, 6) is 1.05. The van der Waals surface area contributed by atoms with E-state index in [-0.39, 0.29) is 5.54 Å². The normalized spacial score (nSPS) is 23.6. The zero-order chi connectivity index (χ0) is 12.5. The summed E-state index contributed by atoms with van der Waals surface area (Å²) in [4.78, 5) is 4.74. The van der Waals surface area contributed by atoms with Crippen LogP contribution in [0.5, 0.6) is 0 Å². The third-order valence-corrected chi connectivity index (χ3v) is 5.40. The van der Waals surface area contributed by atoms with Crippen LogP contribution in [0, 0.1) is 0 Å². The highest BCUT2D eigenvalue weighted by atomic mass is 79.9. The Kier molecular flexibility index (Phi) is 4.21. The highest BCUT2D eigenvalue weighted by Gasteiger charge is 2.29. The van der Waals surface area contributed by atoms with Crippen LogP contribution in [0.4, 0.5) is 5.69 Å². The average Bonchev–Trinajstić information content (AvgIpc) is 2.67. The molecule has 17 heavy (non-hydrogen) atoms. The summed E-state index contributed by atoms with van der Waals surface area (Å²) in [6.07, 6.45) is 1.07. The average molecular weight is 378 g/mol. The van der Waals surface area contributed by atoms with Gasteiger partial charge in [0.05, 0.1) is 11.2 Å². The maximum absolute atomic E-state index is 4.74. The van der Waals surface area contributed by atoms with Gasteiger partial charge in [0.25, 0.3) is 0 Å². The van der Waals surface area contributed by atoms with Crippen LogP contribution in [0.1, 0.15) is 20.3 Å². The van der Waals surface area contributed by atoms with Gasteiger partial charge in [0.2, 0.25) is 0 Å². The number of benzene rings is 1. The quantitative estimate of drug-likeness (QED) is 0.792. The van der Waals surface area contributed by atoms with E-state index in [0.29, 0.717) is 0 Å². The number of halogens is 2. The van der Waals surface area contributed by atoms with Crippen LogP contribution in [-0.4, -0.2) is 16.5 Å². The van der Waals surface area contributed by atoms with Gasteiger partial charge in [0.15, 0.2) is 5.17 Å². The van der Waals surface area contributed by atoms with E-state index in [0.717, 1.165) is 32.0 Å². The van der Waals surface area contributed by atoms with Crippen molar-refractivity contribution >= 4 is 54.5 Å². The van der Waals surface area contributed by atoms with Crippen LogP contribution in [0.3, 0.4) is 0 Å². The first-order chi connectivity index (χ1) is 8.04. The van der Waals surface area contributed by atoms with Gasteiger partial charge in [0.1, 0.15) is 0 Å². The number of rotatable bonds is 2. The molecule has 1 aromatic carbocycles. The molecule has 1 aliphatic rings. The first-order valence-electron chi connectivity index (χ1n) is 5.48. The molecule has 0 aromatic heterocycles. The van der Waals surface area contributed by atoms with Gasteiger partial charge in [0, 0.05) is 14.7 Å². The lowest BCUT2D eigenvalue weighted by Gasteiger charge is -2.15. The molecule has 2 rings (SSSR count). The van der Waals surface area contributed by atoms with Crippen LogP contribution in [0.2, 0.25) is 0 Å². The smallest absolute Gasteiger partial charge is 0.161 e. The molecule has 0 radical (unpaired) electrons. The van der Waals surface area contributed by atoms with Crippen molar-refractivity contribution in [2.75, 3.05) is 11.1 Å². The van der Waals surface area contributed by atoms with Crippen LogP contribution in [-0.2, 0) is 0 Å². The molecule has 5 heteroatoms. The number of anilines is 1. The van der Waals surface area contributed by atoms with Crippen LogP contribution in [0.15, 0.2) is 32.1 Å². The Balaban J connectivity index is 2.20. The van der Waals surface area contributed by atoms with Crippen LogP contribution < -0.4 is 5.32 Å². The van der Waals surface area contributed by atoms with Gasteiger partial charge < -0.3 is 5.32 Å². The maximum Gasteiger partial charge on any atom is 0.161 e. The molecule has 0 bridgehead atoms. The molecule has 0 saturated heterocycles. The van der Waals surface area contributed by atoms with Gasteiger partial charge in [-0.25, -0.2) is 0 Å². The molecule has 1 heterocycles. The minimum atomic E-state index is 0.0841. The highest BCUT2D eigenvalue weighted by Crippen LogP contribution is 2.35. The van der Waals surface area contributed by atoms with E-state index in [1.165, 1.54) is 0 Å². The minimum Gasteiger partial charge on any atom is -0.333 e. The number of hydrogen-bond acceptors (Lipinski definition) is 3. The Hall–Kier alpha value is -0.000000000000000111. The summed E-state index contributed by atoms with van der Waals surface area (Å²) in [5.41, 5.74) is 1.12. The summed E-state index contributed by atoms with van der Waals surface area (Å²) in [5, 5.41) is 4.39. The van der Waals surface area contributed by atoms with Gasteiger partial charge >= 0.3 is 0 Å². The fourth-order valence-corrected chi connectivity index (χ4v) is 3.88. The van der Waals surface area contributed by atoms with E-state index in [1.54, 1.807) is 11.8 Å². The number of nitrogens with zero attached hydrogens (tertiary/aromatic N) is 1. The van der Waals surface area contributed by atoms with Crippen molar-refractivity contribution in [2.24, 2.45) is 4.99 Å². The van der Waals surface area contributed by atoms with E-state index in [1.807, 2.05) is 18.2 Å². The van der Waals surface area contributed by atoms with Crippen LogP contribution >= 0.6 is 43.6 Å². The fourth-order valence-electron chi connectivity index (χ4n) is 1.50. The number of para-hydroxylation sites is 1. The van der Waals surface area contributed by atoms with E-state index < -0.39 is 0 Å². The molecule has 0 spiro atoms. The monoisotopic (exact) mass is 376 g/mol. The lowest BCUT2D eigenvalue weighted by atomic mass is 10.0. The largest absolute Gasteiger partial charge is 0.333 e. The van der Waals surface area contributed by atoms with Crippen molar-refractivity contribution in [3.8, 4) is 0 Å². The lowest BCUT2D eigenvalue weighted by Crippen LogP contribution is -2.20. The third kappa shape index (κ3) is 3.06. The Labute approximate surface area is 123 Å². The summed E-state index contributed by atoms with van der Waals surface area (Å²) in [7, 11) is 0. The predicted octanol–water partition coefficient (Wildman–Crippen LogP) is 4.90. The van der Waals surface area contributed by atoms with Gasteiger partial charge in [-0.05, 0) is 57.3 Å². The molecule has 0 amide bonds. The van der Waals surface area contributed by atoms with Crippen molar-refractivity contribution in [1.82, 2.24) is 0 Å². The molecule has 1 atom stereocenters. The van der Waals surface area contributed by atoms with E-state index in [9.17, 15) is 0 Å². The van der Waals surface area contributed by atoms with Crippen molar-refractivity contribution in [3.05, 3.63) is 27.1 Å². The zero-order valence-corrected chi connectivity index (χ0v) is 13.7. The van der Waals surface area contributed by atoms with Crippen LogP contribution in [0.25, 0.3) is 0 Å². The fraction of sp³-hybridized carbons (Fsp3) is 0.417. The van der Waals surface area contributed by atoms with E-state index in [4.69, 9.17) is 4.99 Å². The number of nitrogens with one attached hydrogen (secondary N) is 1. The molecular weight excluding hydrogens is 364 g/mol. The Bertz CT molecular complexity index is 442. The molecule has 0 aliphatic carbocycles. The number of amidine groups is 1. The molecule has 2 nitrogen and oxygen atoms in total.